The Balaban J connectivity index is 1.41. The highest BCUT2D eigenvalue weighted by molar-refractivity contribution is 9.10. The average Bonchev–Trinajstić information content (AvgIpc) is 3.34. The van der Waals surface area contributed by atoms with Gasteiger partial charge >= 0.3 is 0 Å². The van der Waals surface area contributed by atoms with Crippen molar-refractivity contribution in [2.24, 2.45) is 0 Å². The predicted molar refractivity (Wildman–Crippen MR) is 118 cm³/mol. The number of rotatable bonds is 5. The van der Waals surface area contributed by atoms with E-state index in [0.717, 1.165) is 35.0 Å². The van der Waals surface area contributed by atoms with Crippen LogP contribution in [0, 0.1) is 0 Å². The molecular formula is C22H25BrN2O3S. The molecule has 2 aromatic carbocycles. The highest BCUT2D eigenvalue weighted by atomic mass is 79.9. The second-order valence-corrected chi connectivity index (χ2v) is 10.7. The van der Waals surface area contributed by atoms with E-state index in [9.17, 15) is 13.2 Å². The molecule has 29 heavy (non-hydrogen) atoms. The van der Waals surface area contributed by atoms with Crippen molar-refractivity contribution in [1.82, 2.24) is 4.31 Å². The molecule has 5 nitrogen and oxygen atoms in total. The van der Waals surface area contributed by atoms with Crippen LogP contribution in [0.5, 0.6) is 0 Å². The fourth-order valence-corrected chi connectivity index (χ4v) is 6.18. The zero-order valence-electron chi connectivity index (χ0n) is 16.5. The van der Waals surface area contributed by atoms with E-state index in [4.69, 9.17) is 0 Å². The number of halogens is 1. The minimum absolute atomic E-state index is 0.104. The maximum Gasteiger partial charge on any atom is 0.243 e. The molecule has 154 valence electrons. The Kier molecular flexibility index (Phi) is 5.82. The summed E-state index contributed by atoms with van der Waals surface area (Å²) in [6, 6.07) is 13.2. The number of fused-ring (bicyclic) bond motifs is 1. The van der Waals surface area contributed by atoms with Gasteiger partial charge in [0.2, 0.25) is 15.9 Å². The van der Waals surface area contributed by atoms with Crippen LogP contribution in [0.15, 0.2) is 51.8 Å². The molecule has 2 aromatic rings. The summed E-state index contributed by atoms with van der Waals surface area (Å²) >= 11 is 3.49. The Morgan fingerprint density at radius 1 is 1.10 bits per heavy atom. The first kappa shape index (κ1) is 20.6. The minimum Gasteiger partial charge on any atom is -0.309 e. The topological polar surface area (TPSA) is 57.7 Å². The van der Waals surface area contributed by atoms with Gasteiger partial charge in [0.25, 0.3) is 0 Å². The van der Waals surface area contributed by atoms with Gasteiger partial charge in [-0.15, -0.1) is 0 Å². The van der Waals surface area contributed by atoms with Gasteiger partial charge < -0.3 is 4.90 Å². The molecule has 7 heteroatoms. The zero-order valence-corrected chi connectivity index (χ0v) is 18.9. The number of nitrogens with zero attached hydrogens (tertiary/aromatic N) is 2. The summed E-state index contributed by atoms with van der Waals surface area (Å²) in [6.07, 6.45) is 3.71. The van der Waals surface area contributed by atoms with E-state index in [-0.39, 0.29) is 11.9 Å². The number of hydrogen-bond acceptors (Lipinski definition) is 3. The van der Waals surface area contributed by atoms with Gasteiger partial charge in [-0.25, -0.2) is 8.42 Å². The number of carbonyl (C=O) groups excluding carboxylic acids is 1. The zero-order chi connectivity index (χ0) is 20.6. The van der Waals surface area contributed by atoms with Crippen LogP contribution >= 0.6 is 15.9 Å². The second-order valence-electron chi connectivity index (χ2n) is 7.85. The summed E-state index contributed by atoms with van der Waals surface area (Å²) in [5.41, 5.74) is 3.16. The number of carbonyl (C=O) groups is 1. The van der Waals surface area contributed by atoms with Gasteiger partial charge in [0.1, 0.15) is 0 Å². The van der Waals surface area contributed by atoms with Crippen molar-refractivity contribution < 1.29 is 13.2 Å². The molecule has 1 amide bonds. The van der Waals surface area contributed by atoms with Crippen LogP contribution < -0.4 is 4.90 Å². The number of amides is 1. The number of benzene rings is 2. The molecule has 1 atom stereocenters. The number of aryl methyl sites for hydroxylation is 1. The lowest BCUT2D eigenvalue weighted by Gasteiger charge is -2.23. The Morgan fingerprint density at radius 2 is 1.79 bits per heavy atom. The Labute approximate surface area is 180 Å². The largest absolute Gasteiger partial charge is 0.309 e. The van der Waals surface area contributed by atoms with Gasteiger partial charge in [-0.2, -0.15) is 4.31 Å². The fourth-order valence-electron chi connectivity index (χ4n) is 4.26. The van der Waals surface area contributed by atoms with Crippen molar-refractivity contribution in [1.29, 1.82) is 0 Å². The Morgan fingerprint density at radius 3 is 2.48 bits per heavy atom. The number of anilines is 1. The molecule has 0 radical (unpaired) electrons. The number of hydrogen-bond donors (Lipinski definition) is 0. The third-order valence-corrected chi connectivity index (χ3v) is 8.19. The van der Waals surface area contributed by atoms with Gasteiger partial charge in [-0.05, 0) is 74.1 Å². The molecule has 0 spiro atoms. The quantitative estimate of drug-likeness (QED) is 0.651. The molecule has 0 N–H and O–H groups in total. The van der Waals surface area contributed by atoms with E-state index in [1.54, 1.807) is 16.4 Å². The molecule has 0 aliphatic carbocycles. The summed E-state index contributed by atoms with van der Waals surface area (Å²) in [5, 5.41) is 0. The molecule has 0 bridgehead atoms. The van der Waals surface area contributed by atoms with Crippen LogP contribution in [-0.4, -0.2) is 37.8 Å². The molecule has 0 saturated carbocycles. The van der Waals surface area contributed by atoms with E-state index in [0.29, 0.717) is 30.8 Å². The molecule has 1 fully saturated rings. The lowest BCUT2D eigenvalue weighted by Crippen LogP contribution is -2.35. The normalized spacial score (nSPS) is 19.5. The van der Waals surface area contributed by atoms with E-state index in [1.165, 1.54) is 5.56 Å². The summed E-state index contributed by atoms with van der Waals surface area (Å²) in [5.74, 6) is 0.104. The van der Waals surface area contributed by atoms with E-state index >= 15 is 0 Å². The molecular weight excluding hydrogens is 452 g/mol. The van der Waals surface area contributed by atoms with Crippen LogP contribution in [0.25, 0.3) is 0 Å². The first-order valence-electron chi connectivity index (χ1n) is 10.1. The smallest absolute Gasteiger partial charge is 0.243 e. The van der Waals surface area contributed by atoms with E-state index < -0.39 is 10.0 Å². The first-order chi connectivity index (χ1) is 13.9. The highest BCUT2D eigenvalue weighted by Crippen LogP contribution is 2.34. The maximum absolute atomic E-state index is 12.9. The Bertz CT molecular complexity index is 1010. The number of sulfonamides is 1. The molecule has 2 aliphatic rings. The molecule has 4 rings (SSSR count). The van der Waals surface area contributed by atoms with Crippen LogP contribution in [0.2, 0.25) is 0 Å². The van der Waals surface area contributed by atoms with Crippen molar-refractivity contribution in [3.8, 4) is 0 Å². The van der Waals surface area contributed by atoms with E-state index in [1.807, 2.05) is 29.2 Å². The summed E-state index contributed by atoms with van der Waals surface area (Å²) in [7, 11) is -3.39. The first-order valence-corrected chi connectivity index (χ1v) is 12.3. The van der Waals surface area contributed by atoms with Crippen molar-refractivity contribution in [2.45, 2.75) is 50.0 Å². The molecule has 0 aromatic heterocycles. The Hall–Kier alpha value is -1.70. The average molecular weight is 477 g/mol. The predicted octanol–water partition coefficient (Wildman–Crippen LogP) is 4.14. The standard InChI is InChI=1S/C22H25BrN2O3S/c1-16-14-18-15-19(23)7-10-21(18)25(16)22(26)11-6-17-4-8-20(9-5-17)29(27,28)24-12-2-3-13-24/h4-5,7-10,15-16H,2-3,6,11-14H2,1H3/t16-/m1/s1. The molecule has 2 heterocycles. The highest BCUT2D eigenvalue weighted by Gasteiger charge is 2.31. The molecule has 1 saturated heterocycles. The van der Waals surface area contributed by atoms with Gasteiger partial charge in [0.15, 0.2) is 0 Å². The monoisotopic (exact) mass is 476 g/mol. The van der Waals surface area contributed by atoms with Crippen LogP contribution in [-0.2, 0) is 27.7 Å². The summed E-state index contributed by atoms with van der Waals surface area (Å²) in [6.45, 7) is 3.28. The lowest BCUT2D eigenvalue weighted by atomic mass is 10.1. The van der Waals surface area contributed by atoms with Crippen LogP contribution in [0.1, 0.15) is 37.3 Å². The summed E-state index contributed by atoms with van der Waals surface area (Å²) in [4.78, 5) is 15.1. The molecule has 0 unspecified atom stereocenters. The third kappa shape index (κ3) is 4.13. The van der Waals surface area contributed by atoms with Gasteiger partial charge in [0.05, 0.1) is 4.90 Å². The van der Waals surface area contributed by atoms with Crippen molar-refractivity contribution in [3.05, 3.63) is 58.1 Å². The summed E-state index contributed by atoms with van der Waals surface area (Å²) < 4.78 is 27.8. The van der Waals surface area contributed by atoms with Crippen molar-refractivity contribution in [3.63, 3.8) is 0 Å². The third-order valence-electron chi connectivity index (χ3n) is 5.78. The van der Waals surface area contributed by atoms with Crippen molar-refractivity contribution >= 4 is 37.5 Å². The SMILES string of the molecule is C[C@@H]1Cc2cc(Br)ccc2N1C(=O)CCc1ccc(S(=O)(=O)N2CCCC2)cc1. The van der Waals surface area contributed by atoms with Crippen LogP contribution in [0.4, 0.5) is 5.69 Å². The minimum atomic E-state index is -3.39. The second kappa shape index (κ2) is 8.20. The van der Waals surface area contributed by atoms with Gasteiger partial charge in [-0.1, -0.05) is 28.1 Å². The lowest BCUT2D eigenvalue weighted by molar-refractivity contribution is -0.118. The fraction of sp³-hybridized carbons (Fsp3) is 0.409. The maximum atomic E-state index is 12.9. The van der Waals surface area contributed by atoms with Gasteiger partial charge in [-0.3, -0.25) is 4.79 Å². The van der Waals surface area contributed by atoms with E-state index in [2.05, 4.69) is 28.9 Å². The van der Waals surface area contributed by atoms with Crippen molar-refractivity contribution in [2.75, 3.05) is 18.0 Å². The van der Waals surface area contributed by atoms with Crippen LogP contribution in [0.3, 0.4) is 0 Å². The molecule has 2 aliphatic heterocycles. The van der Waals surface area contributed by atoms with Gasteiger partial charge in [0, 0.05) is 35.7 Å².